The van der Waals surface area contributed by atoms with Crippen LogP contribution in [0.2, 0.25) is 0 Å². The average molecular weight is 257 g/mol. The lowest BCUT2D eigenvalue weighted by Gasteiger charge is -2.34. The van der Waals surface area contributed by atoms with E-state index in [0.717, 1.165) is 25.7 Å². The minimum Gasteiger partial charge on any atom is -0.392 e. The minimum atomic E-state index is -0.613. The van der Waals surface area contributed by atoms with Crippen LogP contribution in [0.3, 0.4) is 0 Å². The number of rotatable bonds is 3. The van der Waals surface area contributed by atoms with Crippen molar-refractivity contribution in [2.24, 2.45) is 5.73 Å². The number of carbonyl (C=O) groups is 2. The quantitative estimate of drug-likeness (QED) is 0.558. The summed E-state index contributed by atoms with van der Waals surface area (Å²) in [7, 11) is 0. The number of piperidine rings is 1. The molecule has 1 rings (SSSR count). The number of nitrogens with one attached hydrogen (secondary N) is 1. The van der Waals surface area contributed by atoms with Crippen LogP contribution >= 0.6 is 12.2 Å². The highest BCUT2D eigenvalue weighted by Gasteiger charge is 2.29. The third kappa shape index (κ3) is 3.96. The number of nitrogens with two attached hydrogens (primary N) is 1. The minimum absolute atomic E-state index is 0.0739. The van der Waals surface area contributed by atoms with Gasteiger partial charge in [0, 0.05) is 12.6 Å². The van der Waals surface area contributed by atoms with Gasteiger partial charge in [-0.15, -0.1) is 0 Å². The summed E-state index contributed by atoms with van der Waals surface area (Å²) in [5.74, 6) is -1.08. The number of likely N-dealkylation sites (tertiary alicyclic amines) is 1. The predicted molar refractivity (Wildman–Crippen MR) is 69.4 cm³/mol. The first-order chi connectivity index (χ1) is 8.06. The molecule has 0 aromatic carbocycles. The molecule has 96 valence electrons. The number of amides is 2. The van der Waals surface area contributed by atoms with Gasteiger partial charge in [0.2, 0.25) is 0 Å². The predicted octanol–water partition coefficient (Wildman–Crippen LogP) is 0.180. The van der Waals surface area contributed by atoms with E-state index in [4.69, 9.17) is 5.73 Å². The molecule has 1 atom stereocenters. The zero-order valence-corrected chi connectivity index (χ0v) is 10.9. The Balaban J connectivity index is 2.54. The Bertz CT molecular complexity index is 320. The Kier molecular flexibility index (Phi) is 5.34. The van der Waals surface area contributed by atoms with E-state index >= 15 is 0 Å². The molecule has 5 nitrogen and oxygen atoms in total. The van der Waals surface area contributed by atoms with E-state index in [1.807, 2.05) is 6.92 Å². The lowest BCUT2D eigenvalue weighted by atomic mass is 10.00. The van der Waals surface area contributed by atoms with E-state index in [1.54, 1.807) is 4.90 Å². The molecule has 1 heterocycles. The van der Waals surface area contributed by atoms with Crippen molar-refractivity contribution in [3.63, 3.8) is 0 Å². The SMILES string of the molecule is CCC1CCCCN1C(=O)C(=O)NCC(N)=S. The molecule has 17 heavy (non-hydrogen) atoms. The van der Waals surface area contributed by atoms with Crippen molar-refractivity contribution in [2.75, 3.05) is 13.1 Å². The number of thiocarbonyl (C=S) groups is 1. The summed E-state index contributed by atoms with van der Waals surface area (Å²) < 4.78 is 0. The van der Waals surface area contributed by atoms with Crippen LogP contribution in [-0.2, 0) is 9.59 Å². The Morgan fingerprint density at radius 3 is 2.76 bits per heavy atom. The molecule has 1 aliphatic rings. The molecule has 0 bridgehead atoms. The molecule has 0 radical (unpaired) electrons. The van der Waals surface area contributed by atoms with Crippen molar-refractivity contribution >= 4 is 29.0 Å². The van der Waals surface area contributed by atoms with E-state index in [9.17, 15) is 9.59 Å². The number of nitrogens with zero attached hydrogens (tertiary/aromatic N) is 1. The van der Waals surface area contributed by atoms with Crippen molar-refractivity contribution in [1.29, 1.82) is 0 Å². The van der Waals surface area contributed by atoms with Gasteiger partial charge < -0.3 is 16.0 Å². The van der Waals surface area contributed by atoms with Gasteiger partial charge in [-0.2, -0.15) is 0 Å². The van der Waals surface area contributed by atoms with Crippen LogP contribution in [0.4, 0.5) is 0 Å². The normalized spacial score (nSPS) is 19.8. The van der Waals surface area contributed by atoms with Gasteiger partial charge in [0.1, 0.15) is 0 Å². The third-order valence-corrected chi connectivity index (χ3v) is 3.12. The van der Waals surface area contributed by atoms with Gasteiger partial charge in [-0.05, 0) is 25.7 Å². The van der Waals surface area contributed by atoms with E-state index in [2.05, 4.69) is 17.5 Å². The van der Waals surface area contributed by atoms with Crippen molar-refractivity contribution in [2.45, 2.75) is 38.6 Å². The fraction of sp³-hybridized carbons (Fsp3) is 0.727. The second kappa shape index (κ2) is 6.54. The summed E-state index contributed by atoms with van der Waals surface area (Å²) in [6.45, 7) is 2.77. The maximum atomic E-state index is 11.9. The highest BCUT2D eigenvalue weighted by Crippen LogP contribution is 2.19. The monoisotopic (exact) mass is 257 g/mol. The topological polar surface area (TPSA) is 75.4 Å². The molecular weight excluding hydrogens is 238 g/mol. The zero-order chi connectivity index (χ0) is 12.8. The van der Waals surface area contributed by atoms with Crippen LogP contribution in [0, 0.1) is 0 Å². The Morgan fingerprint density at radius 2 is 2.18 bits per heavy atom. The van der Waals surface area contributed by atoms with Crippen LogP contribution in [0.15, 0.2) is 0 Å². The molecule has 3 N–H and O–H groups in total. The summed E-state index contributed by atoms with van der Waals surface area (Å²) in [6, 6.07) is 0.187. The van der Waals surface area contributed by atoms with Gasteiger partial charge in [-0.25, -0.2) is 0 Å². The van der Waals surface area contributed by atoms with Gasteiger partial charge in [-0.3, -0.25) is 9.59 Å². The Morgan fingerprint density at radius 1 is 1.47 bits per heavy atom. The lowest BCUT2D eigenvalue weighted by Crippen LogP contribution is -2.50. The third-order valence-electron chi connectivity index (χ3n) is 2.98. The van der Waals surface area contributed by atoms with E-state index in [-0.39, 0.29) is 17.6 Å². The van der Waals surface area contributed by atoms with E-state index in [1.165, 1.54) is 0 Å². The molecule has 0 aromatic rings. The largest absolute Gasteiger partial charge is 0.392 e. The molecule has 1 aliphatic heterocycles. The molecule has 0 aliphatic carbocycles. The van der Waals surface area contributed by atoms with E-state index < -0.39 is 11.8 Å². The van der Waals surface area contributed by atoms with Crippen LogP contribution in [0.1, 0.15) is 32.6 Å². The van der Waals surface area contributed by atoms with E-state index in [0.29, 0.717) is 6.54 Å². The van der Waals surface area contributed by atoms with Crippen molar-refractivity contribution in [3.8, 4) is 0 Å². The summed E-state index contributed by atoms with van der Waals surface area (Å²) in [5, 5.41) is 2.43. The summed E-state index contributed by atoms with van der Waals surface area (Å²) >= 11 is 4.64. The molecule has 1 fully saturated rings. The van der Waals surface area contributed by atoms with Crippen molar-refractivity contribution in [3.05, 3.63) is 0 Å². The number of hydrogen-bond donors (Lipinski definition) is 2. The summed E-state index contributed by atoms with van der Waals surface area (Å²) in [5.41, 5.74) is 5.26. The Labute approximate surface area is 107 Å². The van der Waals surface area contributed by atoms with Crippen molar-refractivity contribution < 1.29 is 9.59 Å². The van der Waals surface area contributed by atoms with Gasteiger partial charge in [0.15, 0.2) is 0 Å². The van der Waals surface area contributed by atoms with Gasteiger partial charge in [0.05, 0.1) is 11.5 Å². The van der Waals surface area contributed by atoms with Gasteiger partial charge in [0.25, 0.3) is 0 Å². The fourth-order valence-electron chi connectivity index (χ4n) is 2.07. The number of carbonyl (C=O) groups excluding carboxylic acids is 2. The molecular formula is C11H19N3O2S. The molecule has 1 unspecified atom stereocenters. The standard InChI is InChI=1S/C11H19N3O2S/c1-2-8-5-3-4-6-14(8)11(16)10(15)13-7-9(12)17/h8H,2-7H2,1H3,(H2,12,17)(H,13,15). The number of hydrogen-bond acceptors (Lipinski definition) is 3. The first kappa shape index (κ1) is 13.9. The van der Waals surface area contributed by atoms with Gasteiger partial charge in [-0.1, -0.05) is 19.1 Å². The van der Waals surface area contributed by atoms with Crippen LogP contribution in [-0.4, -0.2) is 40.8 Å². The average Bonchev–Trinajstić information content (AvgIpc) is 2.34. The highest BCUT2D eigenvalue weighted by atomic mass is 32.1. The summed E-state index contributed by atoms with van der Waals surface area (Å²) in [4.78, 5) is 25.3. The molecule has 6 heteroatoms. The molecule has 0 aromatic heterocycles. The molecule has 0 spiro atoms. The fourth-order valence-corrected chi connectivity index (χ4v) is 2.14. The smallest absolute Gasteiger partial charge is 0.312 e. The van der Waals surface area contributed by atoms with Crippen LogP contribution < -0.4 is 11.1 Å². The van der Waals surface area contributed by atoms with Crippen LogP contribution in [0.5, 0.6) is 0 Å². The lowest BCUT2D eigenvalue weighted by molar-refractivity contribution is -0.148. The van der Waals surface area contributed by atoms with Crippen LogP contribution in [0.25, 0.3) is 0 Å². The highest BCUT2D eigenvalue weighted by molar-refractivity contribution is 7.80. The maximum Gasteiger partial charge on any atom is 0.312 e. The molecule has 2 amide bonds. The summed E-state index contributed by atoms with van der Waals surface area (Å²) in [6.07, 6.45) is 3.95. The first-order valence-electron chi connectivity index (χ1n) is 5.93. The second-order valence-corrected chi connectivity index (χ2v) is 4.73. The van der Waals surface area contributed by atoms with Gasteiger partial charge >= 0.3 is 11.8 Å². The second-order valence-electron chi connectivity index (χ2n) is 4.21. The maximum absolute atomic E-state index is 11.9. The first-order valence-corrected chi connectivity index (χ1v) is 6.34. The Hall–Kier alpha value is -1.17. The van der Waals surface area contributed by atoms with Crippen molar-refractivity contribution in [1.82, 2.24) is 10.2 Å². The molecule has 1 saturated heterocycles. The zero-order valence-electron chi connectivity index (χ0n) is 10.1. The molecule has 0 saturated carbocycles.